The number of carbonyl (C=O) groups is 1. The normalized spacial score (nSPS) is 14.4. The van der Waals surface area contributed by atoms with Gasteiger partial charge in [-0.25, -0.2) is 4.68 Å². The second-order valence-corrected chi connectivity index (χ2v) is 4.43. The summed E-state index contributed by atoms with van der Waals surface area (Å²) in [5, 5.41) is 7.04. The van der Waals surface area contributed by atoms with Gasteiger partial charge in [-0.15, -0.1) is 0 Å². The molecular formula is C12H22N4O. The minimum absolute atomic E-state index is 0.0572. The molecule has 0 fully saturated rings. The monoisotopic (exact) mass is 238 g/mol. The Kier molecular flexibility index (Phi) is 5.15. The van der Waals surface area contributed by atoms with Gasteiger partial charge in [0.25, 0.3) is 0 Å². The van der Waals surface area contributed by atoms with Crippen LogP contribution in [0.5, 0.6) is 0 Å². The zero-order chi connectivity index (χ0) is 12.8. The molecule has 0 bridgehead atoms. The smallest absolute Gasteiger partial charge is 0.229 e. The van der Waals surface area contributed by atoms with E-state index in [1.165, 1.54) is 0 Å². The number of nitrogens with one attached hydrogen (secondary N) is 1. The lowest BCUT2D eigenvalue weighted by Crippen LogP contribution is -2.34. The van der Waals surface area contributed by atoms with Crippen molar-refractivity contribution >= 4 is 11.7 Å². The molecule has 0 aliphatic heterocycles. The maximum absolute atomic E-state index is 11.8. The second-order valence-electron chi connectivity index (χ2n) is 4.43. The lowest BCUT2D eigenvalue weighted by Gasteiger charge is -2.15. The molecule has 0 saturated carbocycles. The number of nitrogens with zero attached hydrogens (tertiary/aromatic N) is 2. The van der Waals surface area contributed by atoms with Gasteiger partial charge in [-0.2, -0.15) is 5.10 Å². The number of rotatable bonds is 6. The van der Waals surface area contributed by atoms with Crippen LogP contribution < -0.4 is 11.1 Å². The van der Waals surface area contributed by atoms with Gasteiger partial charge < -0.3 is 11.1 Å². The van der Waals surface area contributed by atoms with Crippen LogP contribution in [0.15, 0.2) is 12.3 Å². The maximum atomic E-state index is 11.8. The first-order valence-electron chi connectivity index (χ1n) is 6.14. The van der Waals surface area contributed by atoms with Crippen molar-refractivity contribution in [3.63, 3.8) is 0 Å². The van der Waals surface area contributed by atoms with Gasteiger partial charge in [-0.3, -0.25) is 4.79 Å². The van der Waals surface area contributed by atoms with Crippen LogP contribution in [-0.4, -0.2) is 21.7 Å². The summed E-state index contributed by atoms with van der Waals surface area (Å²) in [6.07, 6.45) is 3.85. The zero-order valence-electron chi connectivity index (χ0n) is 10.8. The lowest BCUT2D eigenvalue weighted by molar-refractivity contribution is -0.119. The average molecular weight is 238 g/mol. The quantitative estimate of drug-likeness (QED) is 0.790. The largest absolute Gasteiger partial charge is 0.327 e. The van der Waals surface area contributed by atoms with Crippen molar-refractivity contribution in [1.29, 1.82) is 0 Å². The van der Waals surface area contributed by atoms with Crippen LogP contribution in [0.2, 0.25) is 0 Å². The third-order valence-corrected chi connectivity index (χ3v) is 2.89. The van der Waals surface area contributed by atoms with Crippen LogP contribution in [0.25, 0.3) is 0 Å². The molecule has 1 rings (SSSR count). The summed E-state index contributed by atoms with van der Waals surface area (Å²) >= 11 is 0. The summed E-state index contributed by atoms with van der Waals surface area (Å²) in [4.78, 5) is 11.8. The Morgan fingerprint density at radius 2 is 2.29 bits per heavy atom. The molecule has 1 aromatic rings. The van der Waals surface area contributed by atoms with Crippen LogP contribution in [-0.2, 0) is 11.3 Å². The number of aryl methyl sites for hydroxylation is 1. The molecular weight excluding hydrogens is 216 g/mol. The predicted molar refractivity (Wildman–Crippen MR) is 68.6 cm³/mol. The SMILES string of the molecule is CCCCn1nccc1NC(=O)C(C)C(C)N. The number of amides is 1. The first-order chi connectivity index (χ1) is 8.06. The number of carbonyl (C=O) groups excluding carboxylic acids is 1. The van der Waals surface area contributed by atoms with Crippen molar-refractivity contribution in [3.8, 4) is 0 Å². The Morgan fingerprint density at radius 3 is 2.88 bits per heavy atom. The number of anilines is 1. The standard InChI is InChI=1S/C12H22N4O/c1-4-5-8-16-11(6-7-14-16)15-12(17)9(2)10(3)13/h6-7,9-10H,4-5,8,13H2,1-3H3,(H,15,17). The first kappa shape index (κ1) is 13.7. The second kappa shape index (κ2) is 6.39. The van der Waals surface area contributed by atoms with E-state index in [9.17, 15) is 4.79 Å². The van der Waals surface area contributed by atoms with Crippen LogP contribution in [0.4, 0.5) is 5.82 Å². The van der Waals surface area contributed by atoms with Gasteiger partial charge in [-0.1, -0.05) is 20.3 Å². The molecule has 0 aliphatic carbocycles. The molecule has 5 nitrogen and oxygen atoms in total. The fourth-order valence-electron chi connectivity index (χ4n) is 1.40. The van der Waals surface area contributed by atoms with E-state index in [0.717, 1.165) is 25.2 Å². The highest BCUT2D eigenvalue weighted by molar-refractivity contribution is 5.91. The van der Waals surface area contributed by atoms with E-state index >= 15 is 0 Å². The van der Waals surface area contributed by atoms with Crippen LogP contribution in [0.3, 0.4) is 0 Å². The summed E-state index contributed by atoms with van der Waals surface area (Å²) in [6, 6.07) is 1.66. The van der Waals surface area contributed by atoms with Crippen molar-refractivity contribution in [2.24, 2.45) is 11.7 Å². The zero-order valence-corrected chi connectivity index (χ0v) is 10.8. The molecule has 1 heterocycles. The molecule has 2 atom stereocenters. The summed E-state index contributed by atoms with van der Waals surface area (Å²) in [6.45, 7) is 6.61. The Labute approximate surface area is 102 Å². The molecule has 0 radical (unpaired) electrons. The van der Waals surface area contributed by atoms with E-state index in [1.54, 1.807) is 6.20 Å². The summed E-state index contributed by atoms with van der Waals surface area (Å²) in [5.74, 6) is 0.485. The third kappa shape index (κ3) is 3.85. The molecule has 96 valence electrons. The number of unbranched alkanes of at least 4 members (excludes halogenated alkanes) is 1. The van der Waals surface area contributed by atoms with Crippen LogP contribution >= 0.6 is 0 Å². The maximum Gasteiger partial charge on any atom is 0.229 e. The molecule has 0 aliphatic rings. The Balaban J connectivity index is 2.62. The van der Waals surface area contributed by atoms with Crippen LogP contribution in [0, 0.1) is 5.92 Å². The lowest BCUT2D eigenvalue weighted by atomic mass is 10.0. The van der Waals surface area contributed by atoms with Gasteiger partial charge in [0.1, 0.15) is 5.82 Å². The summed E-state index contributed by atoms with van der Waals surface area (Å²) in [7, 11) is 0. The minimum atomic E-state index is -0.204. The third-order valence-electron chi connectivity index (χ3n) is 2.89. The molecule has 17 heavy (non-hydrogen) atoms. The van der Waals surface area contributed by atoms with E-state index in [2.05, 4.69) is 17.3 Å². The van der Waals surface area contributed by atoms with Crippen molar-refractivity contribution in [1.82, 2.24) is 9.78 Å². The Morgan fingerprint density at radius 1 is 1.59 bits per heavy atom. The number of nitrogens with two attached hydrogens (primary N) is 1. The highest BCUT2D eigenvalue weighted by atomic mass is 16.2. The molecule has 0 spiro atoms. The molecule has 0 saturated heterocycles. The molecule has 0 aromatic carbocycles. The fourth-order valence-corrected chi connectivity index (χ4v) is 1.40. The summed E-state index contributed by atoms with van der Waals surface area (Å²) in [5.41, 5.74) is 5.70. The topological polar surface area (TPSA) is 72.9 Å². The average Bonchev–Trinajstić information content (AvgIpc) is 2.72. The molecule has 3 N–H and O–H groups in total. The number of aromatic nitrogens is 2. The van der Waals surface area contributed by atoms with E-state index in [4.69, 9.17) is 5.73 Å². The van der Waals surface area contributed by atoms with Crippen LogP contribution in [0.1, 0.15) is 33.6 Å². The van der Waals surface area contributed by atoms with Crippen molar-refractivity contribution in [2.45, 2.75) is 46.2 Å². The number of hydrogen-bond donors (Lipinski definition) is 2. The molecule has 1 amide bonds. The van der Waals surface area contributed by atoms with E-state index < -0.39 is 0 Å². The minimum Gasteiger partial charge on any atom is -0.327 e. The first-order valence-corrected chi connectivity index (χ1v) is 6.14. The van der Waals surface area contributed by atoms with Gasteiger partial charge in [0.05, 0.1) is 12.1 Å². The molecule has 5 heteroatoms. The molecule has 2 unspecified atom stereocenters. The van der Waals surface area contributed by atoms with Gasteiger partial charge in [0.15, 0.2) is 0 Å². The van der Waals surface area contributed by atoms with Gasteiger partial charge >= 0.3 is 0 Å². The van der Waals surface area contributed by atoms with Gasteiger partial charge in [0.2, 0.25) is 5.91 Å². The fraction of sp³-hybridized carbons (Fsp3) is 0.667. The Bertz CT molecular complexity index is 359. The van der Waals surface area contributed by atoms with E-state index in [0.29, 0.717) is 0 Å². The predicted octanol–water partition coefficient (Wildman–Crippen LogP) is 1.60. The summed E-state index contributed by atoms with van der Waals surface area (Å²) < 4.78 is 1.81. The van der Waals surface area contributed by atoms with Gasteiger partial charge in [0, 0.05) is 18.7 Å². The molecule has 1 aromatic heterocycles. The van der Waals surface area contributed by atoms with Crippen molar-refractivity contribution < 1.29 is 4.79 Å². The van der Waals surface area contributed by atoms with Crippen molar-refractivity contribution in [2.75, 3.05) is 5.32 Å². The highest BCUT2D eigenvalue weighted by Gasteiger charge is 2.18. The highest BCUT2D eigenvalue weighted by Crippen LogP contribution is 2.10. The Hall–Kier alpha value is -1.36. The van der Waals surface area contributed by atoms with E-state index in [-0.39, 0.29) is 17.9 Å². The van der Waals surface area contributed by atoms with Gasteiger partial charge in [-0.05, 0) is 13.3 Å². The number of hydrogen-bond acceptors (Lipinski definition) is 3. The van der Waals surface area contributed by atoms with E-state index in [1.807, 2.05) is 24.6 Å². The van der Waals surface area contributed by atoms with Crippen molar-refractivity contribution in [3.05, 3.63) is 12.3 Å².